The predicted molar refractivity (Wildman–Crippen MR) is 116 cm³/mol. The third-order valence-corrected chi connectivity index (χ3v) is 5.71. The minimum Gasteiger partial charge on any atom is -0.389 e. The molecule has 0 aromatic rings. The zero-order chi connectivity index (χ0) is 20.8. The van der Waals surface area contributed by atoms with E-state index >= 15 is 0 Å². The molecule has 0 radical (unpaired) electrons. The number of hydrogen-bond acceptors (Lipinski definition) is 3. The molecule has 0 bridgehead atoms. The van der Waals surface area contributed by atoms with Crippen molar-refractivity contribution < 1.29 is 14.7 Å². The van der Waals surface area contributed by atoms with Crippen LogP contribution >= 0.6 is 0 Å². The molecular formula is C24H43NO3. The molecule has 28 heavy (non-hydrogen) atoms. The van der Waals surface area contributed by atoms with Crippen LogP contribution in [0.5, 0.6) is 0 Å². The highest BCUT2D eigenvalue weighted by Gasteiger charge is 2.32. The van der Waals surface area contributed by atoms with E-state index in [2.05, 4.69) is 32.2 Å². The number of unbranched alkanes of at least 4 members (excludes halogenated alkanes) is 5. The van der Waals surface area contributed by atoms with Gasteiger partial charge in [-0.25, -0.2) is 0 Å². The zero-order valence-corrected chi connectivity index (χ0v) is 18.4. The van der Waals surface area contributed by atoms with Gasteiger partial charge in [-0.2, -0.15) is 0 Å². The van der Waals surface area contributed by atoms with E-state index in [0.29, 0.717) is 30.5 Å². The van der Waals surface area contributed by atoms with Gasteiger partial charge < -0.3 is 10.4 Å². The molecule has 0 aromatic carbocycles. The van der Waals surface area contributed by atoms with Gasteiger partial charge in [-0.05, 0) is 37.5 Å². The maximum absolute atomic E-state index is 12.2. The van der Waals surface area contributed by atoms with Crippen LogP contribution in [0.1, 0.15) is 97.8 Å². The summed E-state index contributed by atoms with van der Waals surface area (Å²) in [6, 6.07) is 0. The summed E-state index contributed by atoms with van der Waals surface area (Å²) in [5.41, 5.74) is 0. The summed E-state index contributed by atoms with van der Waals surface area (Å²) in [6.45, 7) is 7.11. The van der Waals surface area contributed by atoms with Crippen molar-refractivity contribution in [3.8, 4) is 0 Å². The maximum Gasteiger partial charge on any atom is 0.220 e. The van der Waals surface area contributed by atoms with Gasteiger partial charge in [0.2, 0.25) is 5.91 Å². The number of hydrogen-bond donors (Lipinski definition) is 2. The lowest BCUT2D eigenvalue weighted by Crippen LogP contribution is -2.26. The third-order valence-electron chi connectivity index (χ3n) is 5.71. The van der Waals surface area contributed by atoms with E-state index in [-0.39, 0.29) is 17.9 Å². The molecule has 1 fully saturated rings. The van der Waals surface area contributed by atoms with Crippen LogP contribution in [0, 0.1) is 17.8 Å². The van der Waals surface area contributed by atoms with Gasteiger partial charge in [0, 0.05) is 25.3 Å². The van der Waals surface area contributed by atoms with Crippen molar-refractivity contribution in [2.45, 2.75) is 104 Å². The molecule has 0 aromatic heterocycles. The molecule has 1 aliphatic rings. The molecular weight excluding hydrogens is 350 g/mol. The number of aliphatic hydroxyl groups is 1. The highest BCUT2D eigenvalue weighted by Crippen LogP contribution is 2.34. The second kappa shape index (κ2) is 14.8. The quantitative estimate of drug-likeness (QED) is 0.297. The van der Waals surface area contributed by atoms with Gasteiger partial charge >= 0.3 is 0 Å². The van der Waals surface area contributed by atoms with Gasteiger partial charge in [0.1, 0.15) is 5.78 Å². The molecule has 4 heteroatoms. The van der Waals surface area contributed by atoms with Gasteiger partial charge in [0.15, 0.2) is 0 Å². The second-order valence-corrected chi connectivity index (χ2v) is 8.87. The van der Waals surface area contributed by atoms with E-state index in [0.717, 1.165) is 70.8 Å². The van der Waals surface area contributed by atoms with Crippen LogP contribution in [-0.4, -0.2) is 29.4 Å². The highest BCUT2D eigenvalue weighted by molar-refractivity contribution is 5.83. The largest absolute Gasteiger partial charge is 0.389 e. The Labute approximate surface area is 172 Å². The number of carbonyl (C=O) groups excluding carboxylic acids is 2. The molecule has 1 saturated carbocycles. The summed E-state index contributed by atoms with van der Waals surface area (Å²) in [4.78, 5) is 23.9. The Balaban J connectivity index is 2.20. The average molecular weight is 394 g/mol. The van der Waals surface area contributed by atoms with Gasteiger partial charge in [0.25, 0.3) is 0 Å². The summed E-state index contributed by atoms with van der Waals surface area (Å²) in [6.07, 6.45) is 15.1. The fraction of sp³-hybridized carbons (Fsp3) is 0.833. The summed E-state index contributed by atoms with van der Waals surface area (Å²) < 4.78 is 0. The van der Waals surface area contributed by atoms with E-state index in [4.69, 9.17) is 0 Å². The Morgan fingerprint density at radius 2 is 1.93 bits per heavy atom. The smallest absolute Gasteiger partial charge is 0.220 e. The molecule has 0 heterocycles. The molecule has 2 N–H and O–H groups in total. The fourth-order valence-corrected chi connectivity index (χ4v) is 3.92. The number of carbonyl (C=O) groups is 2. The van der Waals surface area contributed by atoms with Crippen molar-refractivity contribution in [3.05, 3.63) is 12.2 Å². The number of nitrogens with one attached hydrogen (secondary N) is 1. The van der Waals surface area contributed by atoms with Crippen molar-refractivity contribution in [3.63, 3.8) is 0 Å². The van der Waals surface area contributed by atoms with Crippen molar-refractivity contribution >= 4 is 11.7 Å². The van der Waals surface area contributed by atoms with Gasteiger partial charge in [-0.15, -0.1) is 0 Å². The predicted octanol–water partition coefficient (Wildman–Crippen LogP) is 5.19. The first-order valence-electron chi connectivity index (χ1n) is 11.6. The zero-order valence-electron chi connectivity index (χ0n) is 18.4. The lowest BCUT2D eigenvalue weighted by Gasteiger charge is -2.15. The summed E-state index contributed by atoms with van der Waals surface area (Å²) in [5, 5.41) is 13.0. The Kier molecular flexibility index (Phi) is 13.1. The number of Topliss-reactive ketones (excluding diaryl/α,β-unsaturated/α-hetero) is 1. The second-order valence-electron chi connectivity index (χ2n) is 8.87. The molecule has 0 aliphatic heterocycles. The van der Waals surface area contributed by atoms with E-state index in [9.17, 15) is 14.7 Å². The van der Waals surface area contributed by atoms with Crippen LogP contribution in [0.3, 0.4) is 0 Å². The van der Waals surface area contributed by atoms with Crippen LogP contribution in [0.4, 0.5) is 0 Å². The number of ketones is 1. The summed E-state index contributed by atoms with van der Waals surface area (Å²) in [5.74, 6) is 1.47. The number of aliphatic hydroxyl groups excluding tert-OH is 1. The first kappa shape index (κ1) is 24.9. The Morgan fingerprint density at radius 1 is 1.18 bits per heavy atom. The third kappa shape index (κ3) is 11.0. The minimum atomic E-state index is -0.371. The Hall–Kier alpha value is -1.16. The van der Waals surface area contributed by atoms with Crippen molar-refractivity contribution in [1.82, 2.24) is 5.32 Å². The summed E-state index contributed by atoms with van der Waals surface area (Å²) >= 11 is 0. The lowest BCUT2D eigenvalue weighted by molar-refractivity contribution is -0.122. The van der Waals surface area contributed by atoms with Crippen LogP contribution in [0.25, 0.3) is 0 Å². The fourth-order valence-electron chi connectivity index (χ4n) is 3.92. The van der Waals surface area contributed by atoms with Crippen LogP contribution in [0.15, 0.2) is 12.2 Å². The molecule has 1 aliphatic carbocycles. The first-order valence-corrected chi connectivity index (χ1v) is 11.6. The van der Waals surface area contributed by atoms with E-state index in [1.54, 1.807) is 0 Å². The average Bonchev–Trinajstić information content (AvgIpc) is 3.01. The molecule has 0 unspecified atom stereocenters. The SMILES string of the molecule is CCCCC[C@H](O)C=C[C@H]1CCC(=O)[C@@H]1CCCCCCC(=O)NCC(C)C. The lowest BCUT2D eigenvalue weighted by atomic mass is 9.89. The van der Waals surface area contributed by atoms with Gasteiger partial charge in [0.05, 0.1) is 6.10 Å². The van der Waals surface area contributed by atoms with Crippen molar-refractivity contribution in [1.29, 1.82) is 0 Å². The van der Waals surface area contributed by atoms with E-state index < -0.39 is 0 Å². The van der Waals surface area contributed by atoms with Crippen molar-refractivity contribution in [2.75, 3.05) is 6.54 Å². The summed E-state index contributed by atoms with van der Waals surface area (Å²) in [7, 11) is 0. The number of rotatable bonds is 15. The van der Waals surface area contributed by atoms with Crippen LogP contribution < -0.4 is 5.32 Å². The topological polar surface area (TPSA) is 66.4 Å². The molecule has 162 valence electrons. The standard InChI is InChI=1S/C24H43NO3/c1-4-5-8-11-21(26)16-14-20-15-17-23(27)22(20)12-9-6-7-10-13-24(28)25-18-19(2)3/h14,16,19-22,26H,4-13,15,17-18H2,1-3H3,(H,25,28)/t20-,21-,22+/m0/s1. The Bertz CT molecular complexity index is 472. The normalized spacial score (nSPS) is 21.0. The molecule has 1 amide bonds. The molecule has 4 nitrogen and oxygen atoms in total. The Morgan fingerprint density at radius 3 is 2.64 bits per heavy atom. The molecule has 0 spiro atoms. The van der Waals surface area contributed by atoms with Gasteiger partial charge in [-0.3, -0.25) is 9.59 Å². The van der Waals surface area contributed by atoms with Gasteiger partial charge in [-0.1, -0.05) is 71.4 Å². The number of allylic oxidation sites excluding steroid dienone is 1. The van der Waals surface area contributed by atoms with Crippen molar-refractivity contribution in [2.24, 2.45) is 17.8 Å². The van der Waals surface area contributed by atoms with E-state index in [1.165, 1.54) is 0 Å². The maximum atomic E-state index is 12.2. The highest BCUT2D eigenvalue weighted by atomic mass is 16.3. The van der Waals surface area contributed by atoms with Crippen LogP contribution in [0.2, 0.25) is 0 Å². The first-order chi connectivity index (χ1) is 13.4. The van der Waals surface area contributed by atoms with E-state index in [1.807, 2.05) is 6.08 Å². The minimum absolute atomic E-state index is 0.133. The monoisotopic (exact) mass is 393 g/mol. The van der Waals surface area contributed by atoms with Crippen LogP contribution in [-0.2, 0) is 9.59 Å². The molecule has 3 atom stereocenters. The molecule has 1 rings (SSSR count). The number of amides is 1. The molecule has 0 saturated heterocycles.